The van der Waals surface area contributed by atoms with Crippen molar-refractivity contribution in [3.8, 4) is 5.75 Å². The van der Waals surface area contributed by atoms with E-state index in [-0.39, 0.29) is 48.9 Å². The maximum Gasteiger partial charge on any atom is 0.238 e. The van der Waals surface area contributed by atoms with Crippen molar-refractivity contribution in [3.05, 3.63) is 88.5 Å². The summed E-state index contributed by atoms with van der Waals surface area (Å²) < 4.78 is 11.0. The number of nitrogens with zero attached hydrogens (tertiary/aromatic N) is 2. The third kappa shape index (κ3) is 4.62. The Labute approximate surface area is 255 Å². The molecule has 2 aromatic rings. The molecule has 226 valence electrons. The monoisotopic (exact) mass is 594 g/mol. The summed E-state index contributed by atoms with van der Waals surface area (Å²) >= 11 is 0. The molecule has 2 saturated heterocycles. The molecular weight excluding hydrogens is 560 g/mol. The van der Waals surface area contributed by atoms with Gasteiger partial charge in [0.2, 0.25) is 11.8 Å². The summed E-state index contributed by atoms with van der Waals surface area (Å²) in [5.41, 5.74) is 4.56. The lowest BCUT2D eigenvalue weighted by atomic mass is 9.59. The van der Waals surface area contributed by atoms with Gasteiger partial charge in [-0.25, -0.2) is 0 Å². The van der Waals surface area contributed by atoms with Crippen molar-refractivity contribution >= 4 is 34.8 Å². The molecule has 2 fully saturated rings. The highest BCUT2D eigenvalue weighted by atomic mass is 16.5. The van der Waals surface area contributed by atoms with Crippen LogP contribution in [0.25, 0.3) is 0 Å². The number of ketones is 2. The molecule has 4 unspecified atom stereocenters. The molecule has 2 heterocycles. The van der Waals surface area contributed by atoms with Gasteiger partial charge in [0.25, 0.3) is 0 Å². The second-order valence-corrected chi connectivity index (χ2v) is 12.0. The lowest BCUT2D eigenvalue weighted by Crippen LogP contribution is -2.39. The first-order valence-corrected chi connectivity index (χ1v) is 15.2. The summed E-state index contributed by atoms with van der Waals surface area (Å²) in [4.78, 5) is 58.5. The predicted molar refractivity (Wildman–Crippen MR) is 162 cm³/mol. The third-order valence-corrected chi connectivity index (χ3v) is 9.62. The van der Waals surface area contributed by atoms with E-state index in [1.54, 1.807) is 19.1 Å². The van der Waals surface area contributed by atoms with Gasteiger partial charge in [0.1, 0.15) is 12.4 Å². The molecule has 2 aliphatic heterocycles. The van der Waals surface area contributed by atoms with Crippen molar-refractivity contribution < 1.29 is 33.8 Å². The highest BCUT2D eigenvalue weighted by molar-refractivity contribution is 6.25. The number of aliphatic hydroxyl groups is 1. The van der Waals surface area contributed by atoms with Gasteiger partial charge >= 0.3 is 0 Å². The molecule has 2 amide bonds. The van der Waals surface area contributed by atoms with E-state index < -0.39 is 17.8 Å². The van der Waals surface area contributed by atoms with Crippen molar-refractivity contribution in [1.29, 1.82) is 0 Å². The lowest BCUT2D eigenvalue weighted by Gasteiger charge is -2.42. The Balaban J connectivity index is 1.24. The first-order valence-electron chi connectivity index (χ1n) is 15.2. The minimum Gasteiger partial charge on any atom is -0.491 e. The highest BCUT2D eigenvalue weighted by Crippen LogP contribution is 2.55. The third-order valence-electron chi connectivity index (χ3n) is 9.62. The number of imide groups is 1. The van der Waals surface area contributed by atoms with Crippen LogP contribution in [0.5, 0.6) is 5.75 Å². The van der Waals surface area contributed by atoms with E-state index in [1.807, 2.05) is 42.5 Å². The van der Waals surface area contributed by atoms with E-state index in [0.29, 0.717) is 47.8 Å². The van der Waals surface area contributed by atoms with Crippen LogP contribution >= 0.6 is 0 Å². The quantitative estimate of drug-likeness (QED) is 0.307. The van der Waals surface area contributed by atoms with Gasteiger partial charge in [0.15, 0.2) is 11.6 Å². The topological polar surface area (TPSA) is 113 Å². The maximum absolute atomic E-state index is 14.2. The number of amides is 2. The first-order chi connectivity index (χ1) is 21.4. The molecule has 4 atom stereocenters. The number of carbonyl (C=O) groups excluding carboxylic acids is 4. The minimum atomic E-state index is -0.626. The number of anilines is 2. The van der Waals surface area contributed by atoms with E-state index in [1.165, 1.54) is 11.0 Å². The van der Waals surface area contributed by atoms with Crippen molar-refractivity contribution in [2.24, 2.45) is 17.8 Å². The molecule has 44 heavy (non-hydrogen) atoms. The van der Waals surface area contributed by atoms with Crippen LogP contribution < -0.4 is 14.5 Å². The number of allylic oxidation sites excluding steroid dienone is 6. The van der Waals surface area contributed by atoms with Crippen LogP contribution in [0.4, 0.5) is 11.4 Å². The van der Waals surface area contributed by atoms with Crippen LogP contribution in [0, 0.1) is 17.8 Å². The zero-order chi connectivity index (χ0) is 30.5. The fourth-order valence-electron chi connectivity index (χ4n) is 7.57. The Morgan fingerprint density at radius 3 is 2.32 bits per heavy atom. The number of ether oxygens (including phenoxy) is 2. The number of fused-ring (bicyclic) bond motifs is 3. The Kier molecular flexibility index (Phi) is 7.30. The number of hydrogen-bond donors (Lipinski definition) is 1. The van der Waals surface area contributed by atoms with Gasteiger partial charge in [-0.1, -0.05) is 23.8 Å². The zero-order valence-electron chi connectivity index (χ0n) is 24.5. The molecule has 1 N–H and O–H groups in total. The van der Waals surface area contributed by atoms with Gasteiger partial charge in [0, 0.05) is 41.4 Å². The number of morpholine rings is 1. The molecule has 0 saturated carbocycles. The summed E-state index contributed by atoms with van der Waals surface area (Å²) in [7, 11) is 0. The van der Waals surface area contributed by atoms with Crippen molar-refractivity contribution in [2.45, 2.75) is 25.7 Å². The fourth-order valence-corrected chi connectivity index (χ4v) is 7.57. The first kappa shape index (κ1) is 28.4. The second kappa shape index (κ2) is 11.3. The Bertz CT molecular complexity index is 1630. The van der Waals surface area contributed by atoms with Crippen LogP contribution in [0.3, 0.4) is 0 Å². The molecule has 5 aliphatic rings. The van der Waals surface area contributed by atoms with E-state index in [0.717, 1.165) is 29.9 Å². The van der Waals surface area contributed by atoms with Crippen molar-refractivity contribution in [1.82, 2.24) is 0 Å². The second-order valence-electron chi connectivity index (χ2n) is 12.0. The number of benzene rings is 2. The van der Waals surface area contributed by atoms with E-state index in [2.05, 4.69) is 4.90 Å². The molecule has 9 nitrogen and oxygen atoms in total. The predicted octanol–water partition coefficient (Wildman–Crippen LogP) is 3.53. The number of rotatable bonds is 6. The minimum absolute atomic E-state index is 0.109. The summed E-state index contributed by atoms with van der Waals surface area (Å²) in [6.07, 6.45) is 4.06. The Hall–Kier alpha value is -4.34. The van der Waals surface area contributed by atoms with Gasteiger partial charge in [-0.05, 0) is 73.7 Å². The van der Waals surface area contributed by atoms with Crippen LogP contribution in [-0.2, 0) is 23.9 Å². The molecule has 7 rings (SSSR count). The van der Waals surface area contributed by atoms with Crippen molar-refractivity contribution in [3.63, 3.8) is 0 Å². The van der Waals surface area contributed by atoms with Gasteiger partial charge in [-0.3, -0.25) is 24.1 Å². The molecule has 0 radical (unpaired) electrons. The number of carbonyl (C=O) groups is 4. The maximum atomic E-state index is 14.2. The zero-order valence-corrected chi connectivity index (χ0v) is 24.5. The van der Waals surface area contributed by atoms with E-state index >= 15 is 0 Å². The Morgan fingerprint density at radius 2 is 1.61 bits per heavy atom. The molecule has 0 aromatic heterocycles. The molecule has 2 aromatic carbocycles. The summed E-state index contributed by atoms with van der Waals surface area (Å²) in [5, 5.41) is 9.12. The largest absolute Gasteiger partial charge is 0.491 e. The van der Waals surface area contributed by atoms with Crippen LogP contribution in [0.2, 0.25) is 0 Å². The molecule has 0 spiro atoms. The highest BCUT2D eigenvalue weighted by Gasteiger charge is 2.56. The summed E-state index contributed by atoms with van der Waals surface area (Å²) in [6, 6.07) is 14.8. The number of aliphatic hydroxyl groups excluding tert-OH is 1. The van der Waals surface area contributed by atoms with Crippen molar-refractivity contribution in [2.75, 3.05) is 49.3 Å². The van der Waals surface area contributed by atoms with E-state index in [9.17, 15) is 19.2 Å². The molecule has 9 heteroatoms. The van der Waals surface area contributed by atoms with E-state index in [4.69, 9.17) is 14.6 Å². The van der Waals surface area contributed by atoms with Gasteiger partial charge in [0.05, 0.1) is 37.3 Å². The molecule has 0 bridgehead atoms. The van der Waals surface area contributed by atoms with Crippen LogP contribution in [0.15, 0.2) is 83.0 Å². The lowest BCUT2D eigenvalue weighted by molar-refractivity contribution is -0.123. The Morgan fingerprint density at radius 1 is 0.909 bits per heavy atom. The smallest absolute Gasteiger partial charge is 0.238 e. The number of Topliss-reactive ketones (excluding diaryl/α,β-unsaturated/α-hetero) is 1. The van der Waals surface area contributed by atoms with Gasteiger partial charge in [-0.15, -0.1) is 0 Å². The van der Waals surface area contributed by atoms with Crippen LogP contribution in [-0.4, -0.2) is 68.0 Å². The normalized spacial score (nSPS) is 26.7. The fraction of sp³-hybridized carbons (Fsp3) is 0.371. The SMILES string of the molecule is CC1=CC(=O)C2=C(CC3C(=CCC4C(=O)N(c5ccc(N6CCOCC6)cc5)C(=O)C43)C2c2ccc(OCCO)cc2)C1=O. The van der Waals surface area contributed by atoms with Gasteiger partial charge < -0.3 is 19.5 Å². The molecule has 3 aliphatic carbocycles. The average molecular weight is 595 g/mol. The number of hydrogen-bond acceptors (Lipinski definition) is 8. The standard InChI is InChI=1S/C35H34N2O7/c1-20-18-29(39)32-28(33(20)40)19-27-25(30(32)21-2-8-24(9-3-21)44-17-14-38)10-11-26-31(27)35(42)37(34(26)41)23-6-4-22(5-7-23)36-12-15-43-16-13-36/h2-10,18,26-27,30-31,38H,11-17,19H2,1H3. The summed E-state index contributed by atoms with van der Waals surface area (Å²) in [5.74, 6) is -2.33. The molecular formula is C35H34N2O7. The average Bonchev–Trinajstić information content (AvgIpc) is 3.31. The van der Waals surface area contributed by atoms with Crippen LogP contribution in [0.1, 0.15) is 31.2 Å². The summed E-state index contributed by atoms with van der Waals surface area (Å²) in [6.45, 7) is 4.59. The van der Waals surface area contributed by atoms with Gasteiger partial charge in [-0.2, -0.15) is 0 Å².